The molecule has 1 rings (SSSR count). The normalized spacial score (nSPS) is 20.2. The van der Waals surface area contributed by atoms with Gasteiger partial charge in [-0.1, -0.05) is 0 Å². The largest absolute Gasteiger partial charge is 0.481 e. The molecule has 0 aromatic carbocycles. The zero-order valence-corrected chi connectivity index (χ0v) is 11.3. The van der Waals surface area contributed by atoms with Crippen molar-refractivity contribution in [3.05, 3.63) is 0 Å². The van der Waals surface area contributed by atoms with Crippen LogP contribution >= 0.6 is 0 Å². The zero-order chi connectivity index (χ0) is 13.8. The van der Waals surface area contributed by atoms with Crippen LogP contribution in [0.25, 0.3) is 0 Å². The second kappa shape index (κ2) is 6.18. The number of carbonyl (C=O) groups excluding carboxylic acids is 1. The van der Waals surface area contributed by atoms with Crippen LogP contribution in [0.3, 0.4) is 0 Å². The first kappa shape index (κ1) is 15.0. The van der Waals surface area contributed by atoms with Crippen molar-refractivity contribution in [3.8, 4) is 0 Å². The summed E-state index contributed by atoms with van der Waals surface area (Å²) in [4.78, 5) is 24.3. The number of carboxylic acid groups (broad SMARTS) is 1. The topological polar surface area (TPSA) is 83.6 Å². The zero-order valence-electron chi connectivity index (χ0n) is 11.3. The summed E-state index contributed by atoms with van der Waals surface area (Å²) in [6, 6.07) is 0. The maximum Gasteiger partial charge on any atom is 0.303 e. The van der Waals surface area contributed by atoms with Gasteiger partial charge in [-0.2, -0.15) is 0 Å². The molecule has 0 saturated carbocycles. The van der Waals surface area contributed by atoms with Crippen molar-refractivity contribution in [2.75, 3.05) is 13.1 Å². The predicted molar refractivity (Wildman–Crippen MR) is 69.1 cm³/mol. The van der Waals surface area contributed by atoms with Gasteiger partial charge in [0.2, 0.25) is 5.91 Å². The summed E-state index contributed by atoms with van der Waals surface area (Å²) in [5, 5.41) is 8.63. The van der Waals surface area contributed by atoms with Gasteiger partial charge in [-0.15, -0.1) is 0 Å². The molecule has 5 heteroatoms. The average molecular weight is 256 g/mol. The third-order valence-electron chi connectivity index (χ3n) is 3.39. The Labute approximate surface area is 108 Å². The van der Waals surface area contributed by atoms with E-state index in [0.29, 0.717) is 31.7 Å². The van der Waals surface area contributed by atoms with Crippen LogP contribution in [0.2, 0.25) is 0 Å². The van der Waals surface area contributed by atoms with E-state index >= 15 is 0 Å². The Morgan fingerprint density at radius 2 is 2.06 bits per heavy atom. The van der Waals surface area contributed by atoms with E-state index in [9.17, 15) is 9.59 Å². The van der Waals surface area contributed by atoms with Gasteiger partial charge in [0.1, 0.15) is 0 Å². The first-order chi connectivity index (χ1) is 8.28. The Bertz CT molecular complexity index is 310. The van der Waals surface area contributed by atoms with E-state index in [1.807, 2.05) is 18.7 Å². The lowest BCUT2D eigenvalue weighted by atomic mass is 10.00. The summed E-state index contributed by atoms with van der Waals surface area (Å²) >= 11 is 0. The molecule has 3 N–H and O–H groups in total. The van der Waals surface area contributed by atoms with Crippen LogP contribution < -0.4 is 5.73 Å². The minimum atomic E-state index is -0.760. The number of likely N-dealkylation sites (tertiary alicyclic amines) is 1. The Balaban J connectivity index is 2.28. The maximum absolute atomic E-state index is 11.9. The molecule has 1 amide bonds. The fraction of sp³-hybridized carbons (Fsp3) is 0.846. The number of aliphatic carboxylic acids is 1. The van der Waals surface area contributed by atoms with Gasteiger partial charge >= 0.3 is 5.97 Å². The fourth-order valence-corrected chi connectivity index (χ4v) is 2.21. The second-order valence-electron chi connectivity index (χ2n) is 5.92. The van der Waals surface area contributed by atoms with Crippen LogP contribution in [-0.2, 0) is 9.59 Å². The van der Waals surface area contributed by atoms with E-state index in [4.69, 9.17) is 10.8 Å². The van der Waals surface area contributed by atoms with Gasteiger partial charge in [0.25, 0.3) is 0 Å². The molecule has 1 aliphatic rings. The van der Waals surface area contributed by atoms with Crippen LogP contribution in [-0.4, -0.2) is 40.5 Å². The monoisotopic (exact) mass is 256 g/mol. The van der Waals surface area contributed by atoms with Crippen molar-refractivity contribution in [1.29, 1.82) is 0 Å². The molecule has 0 radical (unpaired) electrons. The highest BCUT2D eigenvalue weighted by molar-refractivity contribution is 5.76. The van der Waals surface area contributed by atoms with E-state index in [-0.39, 0.29) is 17.9 Å². The van der Waals surface area contributed by atoms with Gasteiger partial charge < -0.3 is 15.7 Å². The van der Waals surface area contributed by atoms with Crippen LogP contribution in [0.4, 0.5) is 0 Å². The number of rotatable bonds is 6. The average Bonchev–Trinajstić information content (AvgIpc) is 2.70. The summed E-state index contributed by atoms with van der Waals surface area (Å²) in [7, 11) is 0. The lowest BCUT2D eigenvalue weighted by Crippen LogP contribution is -2.35. The summed E-state index contributed by atoms with van der Waals surface area (Å²) in [6.07, 6.45) is 2.95. The van der Waals surface area contributed by atoms with Gasteiger partial charge in [-0.05, 0) is 39.0 Å². The van der Waals surface area contributed by atoms with E-state index in [1.54, 1.807) is 0 Å². The number of carboxylic acids is 1. The summed E-state index contributed by atoms with van der Waals surface area (Å²) < 4.78 is 0. The third kappa shape index (κ3) is 5.49. The molecular weight excluding hydrogens is 232 g/mol. The highest BCUT2D eigenvalue weighted by Crippen LogP contribution is 2.22. The molecule has 0 aliphatic carbocycles. The molecule has 18 heavy (non-hydrogen) atoms. The predicted octanol–water partition coefficient (Wildman–Crippen LogP) is 1.22. The van der Waals surface area contributed by atoms with Crippen molar-refractivity contribution in [1.82, 2.24) is 4.90 Å². The van der Waals surface area contributed by atoms with Crippen molar-refractivity contribution in [3.63, 3.8) is 0 Å². The summed E-state index contributed by atoms with van der Waals surface area (Å²) in [5.74, 6) is -0.271. The molecule has 5 nitrogen and oxygen atoms in total. The first-order valence-electron chi connectivity index (χ1n) is 6.56. The molecular formula is C13H24N2O3. The molecule has 1 heterocycles. The van der Waals surface area contributed by atoms with E-state index in [2.05, 4.69) is 0 Å². The molecule has 1 fully saturated rings. The Morgan fingerprint density at radius 3 is 2.61 bits per heavy atom. The quantitative estimate of drug-likeness (QED) is 0.748. The molecule has 1 saturated heterocycles. The molecule has 1 atom stereocenters. The van der Waals surface area contributed by atoms with Gasteiger partial charge in [0.05, 0.1) is 0 Å². The smallest absolute Gasteiger partial charge is 0.303 e. The molecule has 0 spiro atoms. The molecule has 0 aromatic rings. The summed E-state index contributed by atoms with van der Waals surface area (Å²) in [5.41, 5.74) is 5.55. The SMILES string of the molecule is CC(C)(N)CCC(=O)N1CCC(CCC(=O)O)C1. The van der Waals surface area contributed by atoms with E-state index < -0.39 is 5.97 Å². The Hall–Kier alpha value is -1.10. The highest BCUT2D eigenvalue weighted by atomic mass is 16.4. The maximum atomic E-state index is 11.9. The van der Waals surface area contributed by atoms with Crippen LogP contribution in [0.5, 0.6) is 0 Å². The summed E-state index contributed by atoms with van der Waals surface area (Å²) in [6.45, 7) is 5.30. The minimum Gasteiger partial charge on any atom is -0.481 e. The number of nitrogens with zero attached hydrogens (tertiary/aromatic N) is 1. The lowest BCUT2D eigenvalue weighted by molar-refractivity contribution is -0.137. The fourth-order valence-electron chi connectivity index (χ4n) is 2.21. The van der Waals surface area contributed by atoms with E-state index in [1.165, 1.54) is 0 Å². The Kier molecular flexibility index (Phi) is 5.14. The van der Waals surface area contributed by atoms with Crippen molar-refractivity contribution in [2.24, 2.45) is 11.7 Å². The molecule has 1 aliphatic heterocycles. The molecule has 1 unspecified atom stereocenters. The minimum absolute atomic E-state index is 0.145. The van der Waals surface area contributed by atoms with Crippen molar-refractivity contribution < 1.29 is 14.7 Å². The number of nitrogens with two attached hydrogens (primary N) is 1. The standard InChI is InChI=1S/C13H24N2O3/c1-13(2,14)7-5-11(16)15-8-6-10(9-15)3-4-12(17)18/h10H,3-9,14H2,1-2H3,(H,17,18). The van der Waals surface area contributed by atoms with E-state index in [0.717, 1.165) is 13.0 Å². The van der Waals surface area contributed by atoms with Crippen LogP contribution in [0.15, 0.2) is 0 Å². The van der Waals surface area contributed by atoms with Gasteiger partial charge in [0, 0.05) is 31.5 Å². The third-order valence-corrected chi connectivity index (χ3v) is 3.39. The van der Waals surface area contributed by atoms with Gasteiger partial charge in [-0.25, -0.2) is 0 Å². The van der Waals surface area contributed by atoms with Crippen LogP contribution in [0, 0.1) is 5.92 Å². The lowest BCUT2D eigenvalue weighted by Gasteiger charge is -2.21. The Morgan fingerprint density at radius 1 is 1.39 bits per heavy atom. The molecule has 0 aromatic heterocycles. The number of carbonyl (C=O) groups is 2. The van der Waals surface area contributed by atoms with Gasteiger partial charge in [0.15, 0.2) is 0 Å². The first-order valence-corrected chi connectivity index (χ1v) is 6.56. The molecule has 104 valence electrons. The van der Waals surface area contributed by atoms with Crippen LogP contribution in [0.1, 0.15) is 46.0 Å². The number of hydrogen-bond acceptors (Lipinski definition) is 3. The van der Waals surface area contributed by atoms with Gasteiger partial charge in [-0.3, -0.25) is 9.59 Å². The highest BCUT2D eigenvalue weighted by Gasteiger charge is 2.27. The second-order valence-corrected chi connectivity index (χ2v) is 5.92. The number of hydrogen-bond donors (Lipinski definition) is 2. The van der Waals surface area contributed by atoms with Crippen molar-refractivity contribution in [2.45, 2.75) is 51.5 Å². The van der Waals surface area contributed by atoms with Crippen molar-refractivity contribution >= 4 is 11.9 Å². The number of amides is 1. The molecule has 0 bridgehead atoms.